The minimum atomic E-state index is -0.342. The molecule has 1 N–H and O–H groups in total. The molecule has 0 radical (unpaired) electrons. The summed E-state index contributed by atoms with van der Waals surface area (Å²) in [6.45, 7) is 1.00. The van der Waals surface area contributed by atoms with E-state index in [1.165, 1.54) is 11.0 Å². The molecule has 6 nitrogen and oxygen atoms in total. The summed E-state index contributed by atoms with van der Waals surface area (Å²) in [6.07, 6.45) is 6.87. The maximum absolute atomic E-state index is 14.0. The van der Waals surface area contributed by atoms with Crippen molar-refractivity contribution in [1.82, 2.24) is 19.7 Å². The number of hydrogen-bond donors (Lipinski definition) is 1. The van der Waals surface area contributed by atoms with Crippen LogP contribution in [0.4, 0.5) is 10.1 Å². The molecule has 4 rings (SSSR count). The van der Waals surface area contributed by atoms with Crippen molar-refractivity contribution in [1.29, 1.82) is 0 Å². The lowest BCUT2D eigenvalue weighted by Crippen LogP contribution is -2.31. The van der Waals surface area contributed by atoms with Crippen LogP contribution in [-0.4, -0.2) is 25.7 Å². The number of imidazole rings is 1. The highest BCUT2D eigenvalue weighted by Gasteiger charge is 2.25. The Morgan fingerprint density at radius 2 is 2.25 bits per heavy atom. The molecule has 7 heteroatoms. The fourth-order valence-corrected chi connectivity index (χ4v) is 2.97. The number of aryl methyl sites for hydroxylation is 2. The molecule has 0 aliphatic carbocycles. The van der Waals surface area contributed by atoms with Gasteiger partial charge in [0.25, 0.3) is 5.91 Å². The number of halogens is 1. The molecule has 0 atom stereocenters. The van der Waals surface area contributed by atoms with E-state index in [1.54, 1.807) is 36.8 Å². The van der Waals surface area contributed by atoms with Crippen LogP contribution in [0.2, 0.25) is 0 Å². The molecule has 24 heavy (non-hydrogen) atoms. The van der Waals surface area contributed by atoms with Gasteiger partial charge in [0.15, 0.2) is 0 Å². The zero-order chi connectivity index (χ0) is 16.5. The van der Waals surface area contributed by atoms with Crippen LogP contribution in [0.1, 0.15) is 28.3 Å². The number of amides is 1. The Morgan fingerprint density at radius 1 is 1.38 bits per heavy atom. The number of anilines is 1. The van der Waals surface area contributed by atoms with Crippen molar-refractivity contribution >= 4 is 11.6 Å². The first-order valence-corrected chi connectivity index (χ1v) is 7.82. The fraction of sp³-hybridized carbons (Fsp3) is 0.235. The fourth-order valence-electron chi connectivity index (χ4n) is 2.97. The van der Waals surface area contributed by atoms with Crippen LogP contribution >= 0.6 is 0 Å². The SMILES string of the molecule is O=C(c1cn2c(n1)CCC2)N(Cc1ccccc1F)c1cn[nH]c1. The van der Waals surface area contributed by atoms with Gasteiger partial charge in [0.05, 0.1) is 18.4 Å². The molecular formula is C17H16FN5O. The summed E-state index contributed by atoms with van der Waals surface area (Å²) in [5.74, 6) is 0.323. The summed E-state index contributed by atoms with van der Waals surface area (Å²) in [4.78, 5) is 18.9. The molecule has 0 fully saturated rings. The van der Waals surface area contributed by atoms with E-state index in [9.17, 15) is 9.18 Å². The van der Waals surface area contributed by atoms with Crippen molar-refractivity contribution in [2.24, 2.45) is 0 Å². The monoisotopic (exact) mass is 325 g/mol. The number of carbonyl (C=O) groups excluding carboxylic acids is 1. The van der Waals surface area contributed by atoms with Gasteiger partial charge in [-0.25, -0.2) is 9.37 Å². The van der Waals surface area contributed by atoms with Crippen LogP contribution in [-0.2, 0) is 19.5 Å². The Hall–Kier alpha value is -2.96. The Bertz CT molecular complexity index is 850. The molecule has 2 aromatic heterocycles. The predicted molar refractivity (Wildman–Crippen MR) is 86.0 cm³/mol. The van der Waals surface area contributed by atoms with Gasteiger partial charge in [0.2, 0.25) is 0 Å². The molecule has 1 aromatic carbocycles. The van der Waals surface area contributed by atoms with Crippen molar-refractivity contribution in [3.05, 3.63) is 65.8 Å². The smallest absolute Gasteiger partial charge is 0.278 e. The Morgan fingerprint density at radius 3 is 3.00 bits per heavy atom. The van der Waals surface area contributed by atoms with Crippen molar-refractivity contribution < 1.29 is 9.18 Å². The van der Waals surface area contributed by atoms with E-state index in [0.717, 1.165) is 25.2 Å². The quantitative estimate of drug-likeness (QED) is 0.801. The zero-order valence-electron chi connectivity index (χ0n) is 12.9. The largest absolute Gasteiger partial charge is 0.334 e. The Balaban J connectivity index is 1.67. The van der Waals surface area contributed by atoms with Gasteiger partial charge in [-0.15, -0.1) is 0 Å². The summed E-state index contributed by atoms with van der Waals surface area (Å²) < 4.78 is 16.0. The van der Waals surface area contributed by atoms with E-state index >= 15 is 0 Å². The maximum atomic E-state index is 14.0. The number of fused-ring (bicyclic) bond motifs is 1. The van der Waals surface area contributed by atoms with Crippen molar-refractivity contribution in [3.8, 4) is 0 Å². The highest BCUT2D eigenvalue weighted by atomic mass is 19.1. The Kier molecular flexibility index (Phi) is 3.60. The number of nitrogens with zero attached hydrogens (tertiary/aromatic N) is 4. The molecule has 0 spiro atoms. The van der Waals surface area contributed by atoms with Gasteiger partial charge in [-0.1, -0.05) is 18.2 Å². The van der Waals surface area contributed by atoms with Crippen LogP contribution in [0.15, 0.2) is 42.9 Å². The highest BCUT2D eigenvalue weighted by Crippen LogP contribution is 2.21. The second kappa shape index (κ2) is 5.92. The first kappa shape index (κ1) is 14.6. The third-order valence-corrected chi connectivity index (χ3v) is 4.20. The number of aromatic amines is 1. The molecule has 0 saturated carbocycles. The van der Waals surface area contributed by atoms with E-state index < -0.39 is 0 Å². The molecule has 1 aliphatic heterocycles. The van der Waals surface area contributed by atoms with E-state index in [-0.39, 0.29) is 18.3 Å². The second-order valence-electron chi connectivity index (χ2n) is 5.78. The van der Waals surface area contributed by atoms with E-state index in [0.29, 0.717) is 16.9 Å². The van der Waals surface area contributed by atoms with Crippen LogP contribution in [0, 0.1) is 5.82 Å². The van der Waals surface area contributed by atoms with Crippen LogP contribution in [0.3, 0.4) is 0 Å². The third kappa shape index (κ3) is 2.58. The van der Waals surface area contributed by atoms with Gasteiger partial charge in [-0.2, -0.15) is 5.10 Å². The number of nitrogens with one attached hydrogen (secondary N) is 1. The Labute approximate surface area is 137 Å². The normalized spacial score (nSPS) is 13.0. The number of H-pyrrole nitrogens is 1. The molecule has 0 saturated heterocycles. The lowest BCUT2D eigenvalue weighted by Gasteiger charge is -2.20. The summed E-state index contributed by atoms with van der Waals surface area (Å²) >= 11 is 0. The average molecular weight is 325 g/mol. The number of rotatable bonds is 4. The van der Waals surface area contributed by atoms with Crippen LogP contribution in [0.5, 0.6) is 0 Å². The van der Waals surface area contributed by atoms with E-state index in [4.69, 9.17) is 0 Å². The maximum Gasteiger partial charge on any atom is 0.278 e. The minimum absolute atomic E-state index is 0.118. The average Bonchev–Trinajstić information content (AvgIpc) is 3.30. The molecule has 0 bridgehead atoms. The zero-order valence-corrected chi connectivity index (χ0v) is 12.9. The molecule has 3 aromatic rings. The van der Waals surface area contributed by atoms with Crippen LogP contribution < -0.4 is 4.90 Å². The number of benzene rings is 1. The molecule has 122 valence electrons. The lowest BCUT2D eigenvalue weighted by molar-refractivity contribution is 0.0980. The second-order valence-corrected chi connectivity index (χ2v) is 5.78. The number of hydrogen-bond acceptors (Lipinski definition) is 3. The van der Waals surface area contributed by atoms with Gasteiger partial charge in [-0.3, -0.25) is 14.8 Å². The van der Waals surface area contributed by atoms with E-state index in [2.05, 4.69) is 15.2 Å². The highest BCUT2D eigenvalue weighted by molar-refractivity contribution is 6.04. The van der Waals surface area contributed by atoms with Gasteiger partial charge in [0, 0.05) is 30.9 Å². The standard InChI is InChI=1S/C17H16FN5O/c18-14-5-2-1-4-12(14)10-23(13-8-19-20-9-13)17(24)15-11-22-7-3-6-16(22)21-15/h1-2,4-5,8-9,11H,3,6-7,10H2,(H,19,20). The number of carbonyl (C=O) groups is 1. The lowest BCUT2D eigenvalue weighted by atomic mass is 10.2. The third-order valence-electron chi connectivity index (χ3n) is 4.20. The van der Waals surface area contributed by atoms with Crippen molar-refractivity contribution in [3.63, 3.8) is 0 Å². The molecule has 0 unspecified atom stereocenters. The number of aromatic nitrogens is 4. The van der Waals surface area contributed by atoms with E-state index in [1.807, 2.05) is 4.57 Å². The minimum Gasteiger partial charge on any atom is -0.334 e. The van der Waals surface area contributed by atoms with Gasteiger partial charge in [-0.05, 0) is 12.5 Å². The van der Waals surface area contributed by atoms with Gasteiger partial charge >= 0.3 is 0 Å². The first-order valence-electron chi connectivity index (χ1n) is 7.82. The first-order chi connectivity index (χ1) is 11.7. The summed E-state index contributed by atoms with van der Waals surface area (Å²) in [5, 5.41) is 6.59. The predicted octanol–water partition coefficient (Wildman–Crippen LogP) is 2.54. The summed E-state index contributed by atoms with van der Waals surface area (Å²) in [5.41, 5.74) is 1.40. The topological polar surface area (TPSA) is 66.8 Å². The van der Waals surface area contributed by atoms with Crippen molar-refractivity contribution in [2.75, 3.05) is 4.90 Å². The summed E-state index contributed by atoms with van der Waals surface area (Å²) in [7, 11) is 0. The summed E-state index contributed by atoms with van der Waals surface area (Å²) in [6, 6.07) is 6.44. The van der Waals surface area contributed by atoms with Crippen LogP contribution in [0.25, 0.3) is 0 Å². The molecular weight excluding hydrogens is 309 g/mol. The van der Waals surface area contributed by atoms with Gasteiger partial charge in [0.1, 0.15) is 17.3 Å². The molecule has 3 heterocycles. The molecule has 1 amide bonds. The van der Waals surface area contributed by atoms with Crippen molar-refractivity contribution in [2.45, 2.75) is 25.9 Å². The molecule has 1 aliphatic rings. The van der Waals surface area contributed by atoms with Gasteiger partial charge < -0.3 is 4.57 Å².